The van der Waals surface area contributed by atoms with E-state index in [0.717, 1.165) is 23.5 Å². The van der Waals surface area contributed by atoms with E-state index in [0.29, 0.717) is 29.9 Å². The zero-order valence-corrected chi connectivity index (χ0v) is 20.2. The third kappa shape index (κ3) is 7.08. The molecular formula is C19H30IN5O2S. The predicted molar refractivity (Wildman–Crippen MR) is 124 cm³/mol. The molecule has 9 heteroatoms. The van der Waals surface area contributed by atoms with Gasteiger partial charge in [-0.3, -0.25) is 4.99 Å². The number of guanidine groups is 1. The predicted octanol–water partition coefficient (Wildman–Crippen LogP) is 2.73. The van der Waals surface area contributed by atoms with Crippen LogP contribution in [0, 0.1) is 12.8 Å². The number of benzene rings is 1. The summed E-state index contributed by atoms with van der Waals surface area (Å²) in [6, 6.07) is 5.35. The monoisotopic (exact) mass is 519 g/mol. The van der Waals surface area contributed by atoms with Gasteiger partial charge in [0.1, 0.15) is 5.82 Å². The lowest BCUT2D eigenvalue weighted by Crippen LogP contribution is -2.37. The fraction of sp³-hybridized carbons (Fsp3) is 0.474. The lowest BCUT2D eigenvalue weighted by Gasteiger charge is -2.14. The normalized spacial score (nSPS) is 12.0. The Morgan fingerprint density at radius 2 is 1.93 bits per heavy atom. The molecule has 7 nitrogen and oxygen atoms in total. The van der Waals surface area contributed by atoms with E-state index in [-0.39, 0.29) is 24.0 Å². The fourth-order valence-corrected chi connectivity index (χ4v) is 3.83. The number of imidazole rings is 1. The first-order valence-corrected chi connectivity index (χ1v) is 10.8. The summed E-state index contributed by atoms with van der Waals surface area (Å²) in [7, 11) is -1.48. The number of hydrogen-bond donors (Lipinski definition) is 2. The fourth-order valence-electron chi connectivity index (χ4n) is 2.87. The van der Waals surface area contributed by atoms with E-state index in [1.165, 1.54) is 6.26 Å². The van der Waals surface area contributed by atoms with Gasteiger partial charge >= 0.3 is 0 Å². The molecule has 0 amide bonds. The molecule has 0 bridgehead atoms. The number of sulfone groups is 1. The smallest absolute Gasteiger partial charge is 0.191 e. The Kier molecular flexibility index (Phi) is 9.42. The summed E-state index contributed by atoms with van der Waals surface area (Å²) < 4.78 is 25.6. The van der Waals surface area contributed by atoms with Gasteiger partial charge in [-0.25, -0.2) is 13.4 Å². The molecule has 0 aliphatic carbocycles. The molecule has 1 heterocycles. The van der Waals surface area contributed by atoms with E-state index in [2.05, 4.69) is 39.0 Å². The molecule has 0 spiro atoms. The molecule has 0 aliphatic rings. The molecular weight excluding hydrogens is 489 g/mol. The zero-order chi connectivity index (χ0) is 20.0. The van der Waals surface area contributed by atoms with Crippen LogP contribution in [0.3, 0.4) is 0 Å². The van der Waals surface area contributed by atoms with Gasteiger partial charge in [0.05, 0.1) is 11.4 Å². The van der Waals surface area contributed by atoms with Crippen LogP contribution in [-0.2, 0) is 29.5 Å². The first-order chi connectivity index (χ1) is 12.7. The number of aromatic nitrogens is 2. The summed E-state index contributed by atoms with van der Waals surface area (Å²) in [5.74, 6) is 2.17. The van der Waals surface area contributed by atoms with Crippen LogP contribution < -0.4 is 10.6 Å². The van der Waals surface area contributed by atoms with Gasteiger partial charge in [-0.05, 0) is 30.0 Å². The highest BCUT2D eigenvalue weighted by molar-refractivity contribution is 14.0. The van der Waals surface area contributed by atoms with Crippen molar-refractivity contribution in [2.75, 3.05) is 13.3 Å². The largest absolute Gasteiger partial charge is 0.352 e. The minimum Gasteiger partial charge on any atom is -0.352 e. The topological polar surface area (TPSA) is 88.4 Å². The van der Waals surface area contributed by atoms with Gasteiger partial charge in [-0.2, -0.15) is 0 Å². The Morgan fingerprint density at radius 1 is 1.25 bits per heavy atom. The second kappa shape index (κ2) is 10.8. The molecule has 2 aromatic rings. The van der Waals surface area contributed by atoms with E-state index in [1.54, 1.807) is 13.1 Å². The van der Waals surface area contributed by atoms with E-state index in [1.807, 2.05) is 31.5 Å². The maximum Gasteiger partial charge on any atom is 0.191 e. The molecule has 0 fully saturated rings. The van der Waals surface area contributed by atoms with E-state index in [9.17, 15) is 8.42 Å². The van der Waals surface area contributed by atoms with Crippen LogP contribution in [0.5, 0.6) is 0 Å². The second-order valence-corrected chi connectivity index (χ2v) is 9.03. The maximum atomic E-state index is 11.7. The molecule has 0 unspecified atom stereocenters. The number of nitrogens with one attached hydrogen (secondary N) is 2. The Bertz CT molecular complexity index is 907. The highest BCUT2D eigenvalue weighted by Gasteiger charge is 2.11. The van der Waals surface area contributed by atoms with Gasteiger partial charge in [0.2, 0.25) is 0 Å². The van der Waals surface area contributed by atoms with Crippen LogP contribution in [0.25, 0.3) is 0 Å². The molecule has 28 heavy (non-hydrogen) atoms. The van der Waals surface area contributed by atoms with Crippen LogP contribution >= 0.6 is 24.0 Å². The summed E-state index contributed by atoms with van der Waals surface area (Å²) >= 11 is 0. The van der Waals surface area contributed by atoms with Crippen LogP contribution in [-0.4, -0.2) is 37.2 Å². The summed E-state index contributed by atoms with van der Waals surface area (Å²) in [4.78, 5) is 9.00. The number of aryl methyl sites for hydroxylation is 1. The van der Waals surface area contributed by atoms with Gasteiger partial charge in [0.15, 0.2) is 15.8 Å². The minimum atomic E-state index is -3.20. The summed E-state index contributed by atoms with van der Waals surface area (Å²) in [5, 5.41) is 6.51. The van der Waals surface area contributed by atoms with Gasteiger partial charge < -0.3 is 15.2 Å². The molecule has 2 N–H and O–H groups in total. The number of nitrogens with zero attached hydrogens (tertiary/aromatic N) is 3. The Hall–Kier alpha value is -1.62. The van der Waals surface area contributed by atoms with Crippen LogP contribution in [0.4, 0.5) is 0 Å². The zero-order valence-electron chi connectivity index (χ0n) is 17.1. The Labute approximate surface area is 185 Å². The van der Waals surface area contributed by atoms with Gasteiger partial charge in [0.25, 0.3) is 0 Å². The van der Waals surface area contributed by atoms with Crippen LogP contribution in [0.2, 0.25) is 0 Å². The van der Waals surface area contributed by atoms with Crippen molar-refractivity contribution in [2.24, 2.45) is 10.9 Å². The van der Waals surface area contributed by atoms with E-state index in [4.69, 9.17) is 0 Å². The minimum absolute atomic E-state index is 0. The molecule has 0 saturated carbocycles. The second-order valence-electron chi connectivity index (χ2n) is 7.04. The molecule has 0 saturated heterocycles. The van der Waals surface area contributed by atoms with Crippen LogP contribution in [0.1, 0.15) is 30.8 Å². The highest BCUT2D eigenvalue weighted by atomic mass is 127. The van der Waals surface area contributed by atoms with Gasteiger partial charge in [-0.15, -0.1) is 24.0 Å². The summed E-state index contributed by atoms with van der Waals surface area (Å²) in [6.07, 6.45) is 5.02. The highest BCUT2D eigenvalue weighted by Crippen LogP contribution is 2.16. The van der Waals surface area contributed by atoms with Crippen molar-refractivity contribution >= 4 is 39.8 Å². The van der Waals surface area contributed by atoms with Crippen molar-refractivity contribution in [1.29, 1.82) is 0 Å². The summed E-state index contributed by atoms with van der Waals surface area (Å²) in [6.45, 7) is 8.20. The molecule has 0 aliphatic heterocycles. The Balaban J connectivity index is 0.00000392. The molecule has 2 rings (SSSR count). The lowest BCUT2D eigenvalue weighted by atomic mass is 10.1. The number of aliphatic imine (C=N–C) groups is 1. The van der Waals surface area contributed by atoms with Crippen LogP contribution in [0.15, 0.2) is 40.5 Å². The van der Waals surface area contributed by atoms with Crippen molar-refractivity contribution in [2.45, 2.75) is 45.3 Å². The first-order valence-electron chi connectivity index (χ1n) is 8.94. The SMILES string of the molecule is CN=C(NCc1ccc(S(C)(=O)=O)c(C)c1)NCc1nccn1CC(C)C.I. The third-order valence-electron chi connectivity index (χ3n) is 4.10. The molecule has 0 radical (unpaired) electrons. The maximum absolute atomic E-state index is 11.7. The van der Waals surface area contributed by atoms with E-state index >= 15 is 0 Å². The van der Waals surface area contributed by atoms with Crippen molar-refractivity contribution < 1.29 is 8.42 Å². The lowest BCUT2D eigenvalue weighted by molar-refractivity contribution is 0.503. The quantitative estimate of drug-likeness (QED) is 0.334. The third-order valence-corrected chi connectivity index (χ3v) is 5.36. The number of halogens is 1. The summed E-state index contributed by atoms with van der Waals surface area (Å²) in [5.41, 5.74) is 1.74. The van der Waals surface area contributed by atoms with Crippen molar-refractivity contribution in [3.8, 4) is 0 Å². The standard InChI is InChI=1S/C19H29N5O2S.HI/c1-14(2)13-24-9-8-21-18(24)12-23-19(20-4)22-11-16-6-7-17(15(3)10-16)27(5,25)26;/h6-10,14H,11-13H2,1-5H3,(H2,20,22,23);1H. The van der Waals surface area contributed by atoms with Crippen molar-refractivity contribution in [3.63, 3.8) is 0 Å². The number of rotatable bonds is 7. The molecule has 1 aromatic carbocycles. The molecule has 156 valence electrons. The van der Waals surface area contributed by atoms with Crippen molar-refractivity contribution in [3.05, 3.63) is 47.5 Å². The average molecular weight is 519 g/mol. The van der Waals surface area contributed by atoms with E-state index < -0.39 is 9.84 Å². The first kappa shape index (κ1) is 24.4. The number of hydrogen-bond acceptors (Lipinski definition) is 4. The van der Waals surface area contributed by atoms with Gasteiger partial charge in [-0.1, -0.05) is 26.0 Å². The molecule has 1 aromatic heterocycles. The Morgan fingerprint density at radius 3 is 2.50 bits per heavy atom. The van der Waals surface area contributed by atoms with Gasteiger partial charge in [0, 0.05) is 38.8 Å². The van der Waals surface area contributed by atoms with Crippen molar-refractivity contribution in [1.82, 2.24) is 20.2 Å². The average Bonchev–Trinajstić information content (AvgIpc) is 3.00. The molecule has 0 atom stereocenters.